The Kier molecular flexibility index (Phi) is 2.25. The topological polar surface area (TPSA) is 55.3 Å². The summed E-state index contributed by atoms with van der Waals surface area (Å²) in [6.07, 6.45) is 0. The molecule has 3 nitrogen and oxygen atoms in total. The predicted molar refractivity (Wildman–Crippen MR) is 42.2 cm³/mol. The van der Waals surface area contributed by atoms with E-state index >= 15 is 0 Å². The molecule has 0 aliphatic heterocycles. The van der Waals surface area contributed by atoms with E-state index in [9.17, 15) is 0 Å². The van der Waals surface area contributed by atoms with E-state index in [4.69, 9.17) is 11.6 Å². The van der Waals surface area contributed by atoms with Crippen LogP contribution in [0.25, 0.3) is 0 Å². The molecule has 0 unspecified atom stereocenters. The summed E-state index contributed by atoms with van der Waals surface area (Å²) in [7, 11) is 0. The summed E-state index contributed by atoms with van der Waals surface area (Å²) in [5.41, 5.74) is 6.24. The van der Waals surface area contributed by atoms with Crippen molar-refractivity contribution >= 4 is 5.69 Å². The van der Waals surface area contributed by atoms with Gasteiger partial charge in [-0.15, -0.1) is 0 Å². The second kappa shape index (κ2) is 3.20. The van der Waals surface area contributed by atoms with Crippen LogP contribution < -0.4 is 16.6 Å². The molecule has 1 rings (SSSR count). The minimum Gasteiger partial charge on any atom is -0.313 e. The second-order valence-corrected chi connectivity index (χ2v) is 1.99. The fraction of sp³-hybridized carbons (Fsp3) is 0.143. The molecular weight excluding hydrogens is 126 g/mol. The van der Waals surface area contributed by atoms with Crippen LogP contribution in [0, 0.1) is 0 Å². The van der Waals surface area contributed by atoms with Gasteiger partial charge in [0.25, 0.3) is 0 Å². The summed E-state index contributed by atoms with van der Waals surface area (Å²) < 4.78 is 0. The number of hydrogen-bond donors (Lipinski definition) is 2. The van der Waals surface area contributed by atoms with Crippen LogP contribution in [0.3, 0.4) is 0 Å². The molecule has 0 amide bonds. The quantitative estimate of drug-likeness (QED) is 0.350. The lowest BCUT2D eigenvalue weighted by Gasteiger charge is -2.14. The number of hydrogen-bond acceptors (Lipinski definition) is 3. The predicted octanol–water partition coefficient (Wildman–Crippen LogP) is 0.283. The van der Waals surface area contributed by atoms with Crippen molar-refractivity contribution in [3.8, 4) is 0 Å². The summed E-state index contributed by atoms with van der Waals surface area (Å²) >= 11 is 0. The van der Waals surface area contributed by atoms with E-state index in [2.05, 4.69) is 0 Å². The first-order chi connectivity index (χ1) is 4.84. The van der Waals surface area contributed by atoms with Crippen molar-refractivity contribution in [1.29, 1.82) is 0 Å². The van der Waals surface area contributed by atoms with E-state index in [1.807, 2.05) is 30.3 Å². The lowest BCUT2D eigenvalue weighted by molar-refractivity contribution is 0.865. The molecule has 10 heavy (non-hydrogen) atoms. The fourth-order valence-electron chi connectivity index (χ4n) is 0.725. The summed E-state index contributed by atoms with van der Waals surface area (Å²) in [4.78, 5) is 0. The van der Waals surface area contributed by atoms with Crippen LogP contribution in [0.5, 0.6) is 0 Å². The van der Waals surface area contributed by atoms with Gasteiger partial charge in [-0.05, 0) is 12.1 Å². The van der Waals surface area contributed by atoms with Gasteiger partial charge in [0.2, 0.25) is 0 Å². The molecule has 54 valence electrons. The van der Waals surface area contributed by atoms with E-state index in [1.165, 1.54) is 5.01 Å². The monoisotopic (exact) mass is 137 g/mol. The number of benzene rings is 1. The van der Waals surface area contributed by atoms with Crippen LogP contribution in [-0.2, 0) is 0 Å². The van der Waals surface area contributed by atoms with Crippen molar-refractivity contribution in [3.05, 3.63) is 30.3 Å². The average Bonchev–Trinajstić information content (AvgIpc) is 2.05. The van der Waals surface area contributed by atoms with Gasteiger partial charge in [0.05, 0.1) is 12.4 Å². The number of nitrogens with two attached hydrogens (primary N) is 2. The maximum absolute atomic E-state index is 5.50. The van der Waals surface area contributed by atoms with Gasteiger partial charge in [-0.25, -0.2) is 5.84 Å². The van der Waals surface area contributed by atoms with Crippen molar-refractivity contribution in [1.82, 2.24) is 0 Å². The molecule has 3 heteroatoms. The van der Waals surface area contributed by atoms with Gasteiger partial charge in [0.15, 0.2) is 0 Å². The van der Waals surface area contributed by atoms with E-state index in [0.29, 0.717) is 6.67 Å². The zero-order valence-corrected chi connectivity index (χ0v) is 5.70. The summed E-state index contributed by atoms with van der Waals surface area (Å²) in [5.74, 6) is 5.50. The normalized spacial score (nSPS) is 9.40. The molecule has 0 saturated carbocycles. The number of para-hydroxylation sites is 1. The van der Waals surface area contributed by atoms with Crippen molar-refractivity contribution in [2.45, 2.75) is 0 Å². The molecule has 1 aromatic rings. The first-order valence-electron chi connectivity index (χ1n) is 3.12. The highest BCUT2D eigenvalue weighted by atomic mass is 15.4. The van der Waals surface area contributed by atoms with Gasteiger partial charge < -0.3 is 5.73 Å². The Morgan fingerprint density at radius 3 is 2.30 bits per heavy atom. The smallest absolute Gasteiger partial charge is 0.0811 e. The molecule has 0 fully saturated rings. The van der Waals surface area contributed by atoms with Crippen LogP contribution in [0.2, 0.25) is 0 Å². The third-order valence-electron chi connectivity index (χ3n) is 1.28. The van der Waals surface area contributed by atoms with Gasteiger partial charge in [-0.3, -0.25) is 5.01 Å². The minimum absolute atomic E-state index is 0.337. The van der Waals surface area contributed by atoms with Gasteiger partial charge in [0.1, 0.15) is 0 Å². The van der Waals surface area contributed by atoms with Crippen LogP contribution in [0.15, 0.2) is 30.3 Å². The molecule has 0 saturated heterocycles. The average molecular weight is 137 g/mol. The molecule has 4 N–H and O–H groups in total. The van der Waals surface area contributed by atoms with Crippen LogP contribution in [0.1, 0.15) is 0 Å². The zero-order valence-electron chi connectivity index (χ0n) is 5.70. The molecule has 1 aromatic carbocycles. The molecule has 0 aliphatic rings. The van der Waals surface area contributed by atoms with Crippen LogP contribution in [-0.4, -0.2) is 6.67 Å². The standard InChI is InChI=1S/C7H11N3/c8-6-10(9)7-4-2-1-3-5-7/h1-5H,6,8-9H2. The van der Waals surface area contributed by atoms with E-state index in [0.717, 1.165) is 5.69 Å². The second-order valence-electron chi connectivity index (χ2n) is 1.99. The first kappa shape index (κ1) is 7.05. The Balaban J connectivity index is 2.75. The zero-order chi connectivity index (χ0) is 7.40. The van der Waals surface area contributed by atoms with Crippen molar-refractivity contribution in [2.24, 2.45) is 11.6 Å². The summed E-state index contributed by atoms with van der Waals surface area (Å²) in [5, 5.41) is 1.49. The Bertz CT molecular complexity index is 185. The highest BCUT2D eigenvalue weighted by Crippen LogP contribution is 2.06. The first-order valence-corrected chi connectivity index (χ1v) is 3.12. The number of anilines is 1. The Labute approximate surface area is 60.2 Å². The van der Waals surface area contributed by atoms with Gasteiger partial charge in [-0.2, -0.15) is 0 Å². The fourth-order valence-corrected chi connectivity index (χ4v) is 0.725. The molecule has 0 bridgehead atoms. The minimum atomic E-state index is 0.337. The van der Waals surface area contributed by atoms with Crippen LogP contribution in [0.4, 0.5) is 5.69 Å². The highest BCUT2D eigenvalue weighted by molar-refractivity contribution is 5.43. The largest absolute Gasteiger partial charge is 0.313 e. The van der Waals surface area contributed by atoms with Crippen LogP contribution >= 0.6 is 0 Å². The lowest BCUT2D eigenvalue weighted by Crippen LogP contribution is -2.36. The third kappa shape index (κ3) is 1.46. The van der Waals surface area contributed by atoms with Gasteiger partial charge in [0, 0.05) is 0 Å². The summed E-state index contributed by atoms with van der Waals surface area (Å²) in [6.45, 7) is 0.337. The lowest BCUT2D eigenvalue weighted by atomic mass is 10.3. The molecular formula is C7H11N3. The SMILES string of the molecule is NCN(N)c1ccccc1. The van der Waals surface area contributed by atoms with Crippen molar-refractivity contribution in [2.75, 3.05) is 11.7 Å². The Morgan fingerprint density at radius 1 is 1.20 bits per heavy atom. The van der Waals surface area contributed by atoms with Gasteiger partial charge >= 0.3 is 0 Å². The maximum atomic E-state index is 5.50. The molecule has 0 aliphatic carbocycles. The van der Waals surface area contributed by atoms with E-state index in [1.54, 1.807) is 0 Å². The molecule has 0 radical (unpaired) electrons. The number of rotatable bonds is 2. The van der Waals surface area contributed by atoms with E-state index in [-0.39, 0.29) is 0 Å². The number of hydrazine groups is 1. The third-order valence-corrected chi connectivity index (χ3v) is 1.28. The van der Waals surface area contributed by atoms with Crippen molar-refractivity contribution in [3.63, 3.8) is 0 Å². The molecule has 0 spiro atoms. The number of nitrogens with zero attached hydrogens (tertiary/aromatic N) is 1. The van der Waals surface area contributed by atoms with E-state index < -0.39 is 0 Å². The maximum Gasteiger partial charge on any atom is 0.0811 e. The Hall–Kier alpha value is -1.06. The van der Waals surface area contributed by atoms with Crippen molar-refractivity contribution < 1.29 is 0 Å². The summed E-state index contributed by atoms with van der Waals surface area (Å²) in [6, 6.07) is 9.60. The highest BCUT2D eigenvalue weighted by Gasteiger charge is 1.93. The Morgan fingerprint density at radius 2 is 1.80 bits per heavy atom. The molecule has 0 heterocycles. The van der Waals surface area contributed by atoms with Gasteiger partial charge in [-0.1, -0.05) is 18.2 Å². The molecule has 0 atom stereocenters. The molecule has 0 aromatic heterocycles.